The van der Waals surface area contributed by atoms with Crippen LogP contribution in [0.1, 0.15) is 5.69 Å². The number of fused-ring (bicyclic) bond motifs is 1. The summed E-state index contributed by atoms with van der Waals surface area (Å²) in [6, 6.07) is 15.3. The van der Waals surface area contributed by atoms with Crippen LogP contribution in [0.4, 0.5) is 0 Å². The predicted octanol–water partition coefficient (Wildman–Crippen LogP) is 3.37. The minimum atomic E-state index is 0.407. The largest absolute Gasteiger partial charge is 0.456 e. The second kappa shape index (κ2) is 3.76. The van der Waals surface area contributed by atoms with Crippen LogP contribution in [0.25, 0.3) is 22.3 Å². The van der Waals surface area contributed by atoms with Crippen LogP contribution in [0.3, 0.4) is 0 Å². The van der Waals surface area contributed by atoms with E-state index in [9.17, 15) is 0 Å². The summed E-state index contributed by atoms with van der Waals surface area (Å²) < 4.78 is 5.70. The van der Waals surface area contributed by atoms with Crippen molar-refractivity contribution in [2.45, 2.75) is 0 Å². The lowest BCUT2D eigenvalue weighted by Gasteiger charge is -1.94. The van der Waals surface area contributed by atoms with Crippen molar-refractivity contribution in [1.82, 2.24) is 4.98 Å². The highest BCUT2D eigenvalue weighted by atomic mass is 16.3. The van der Waals surface area contributed by atoms with E-state index in [1.807, 2.05) is 42.5 Å². The van der Waals surface area contributed by atoms with Crippen LogP contribution in [0, 0.1) is 11.3 Å². The SMILES string of the molecule is N#Cc1ccc(-c2cc3ccccc3o2)cn1. The van der Waals surface area contributed by atoms with Crippen LogP contribution < -0.4 is 0 Å². The Morgan fingerprint density at radius 1 is 1.12 bits per heavy atom. The van der Waals surface area contributed by atoms with Crippen LogP contribution >= 0.6 is 0 Å². The standard InChI is InChI=1S/C14H8N2O/c15-8-12-6-5-11(9-16-12)14-7-10-3-1-2-4-13(10)17-14/h1-7,9H. The van der Waals surface area contributed by atoms with Crippen LogP contribution in [0.15, 0.2) is 53.1 Å². The molecule has 17 heavy (non-hydrogen) atoms. The van der Waals surface area contributed by atoms with E-state index in [0.29, 0.717) is 5.69 Å². The van der Waals surface area contributed by atoms with Crippen molar-refractivity contribution in [3.63, 3.8) is 0 Å². The first-order valence-corrected chi connectivity index (χ1v) is 5.22. The second-order valence-corrected chi connectivity index (χ2v) is 3.69. The van der Waals surface area contributed by atoms with Gasteiger partial charge in [0.2, 0.25) is 0 Å². The lowest BCUT2D eigenvalue weighted by atomic mass is 10.2. The first-order chi connectivity index (χ1) is 8.36. The van der Waals surface area contributed by atoms with Crippen molar-refractivity contribution in [3.8, 4) is 17.4 Å². The van der Waals surface area contributed by atoms with Gasteiger partial charge >= 0.3 is 0 Å². The molecule has 2 aromatic heterocycles. The van der Waals surface area contributed by atoms with Gasteiger partial charge in [0.25, 0.3) is 0 Å². The maximum atomic E-state index is 8.68. The fourth-order valence-corrected chi connectivity index (χ4v) is 1.73. The third-order valence-corrected chi connectivity index (χ3v) is 2.59. The molecule has 3 heteroatoms. The minimum Gasteiger partial charge on any atom is -0.456 e. The molecule has 0 unspecified atom stereocenters. The Morgan fingerprint density at radius 2 is 2.00 bits per heavy atom. The van der Waals surface area contributed by atoms with Crippen molar-refractivity contribution in [1.29, 1.82) is 5.26 Å². The van der Waals surface area contributed by atoms with Crippen LogP contribution in [0.5, 0.6) is 0 Å². The Labute approximate surface area is 97.9 Å². The molecule has 0 atom stereocenters. The van der Waals surface area contributed by atoms with Crippen molar-refractivity contribution in [2.24, 2.45) is 0 Å². The number of nitriles is 1. The fraction of sp³-hybridized carbons (Fsp3) is 0. The quantitative estimate of drug-likeness (QED) is 0.631. The number of pyridine rings is 1. The van der Waals surface area contributed by atoms with Crippen molar-refractivity contribution in [2.75, 3.05) is 0 Å². The Kier molecular flexibility index (Phi) is 2.13. The maximum Gasteiger partial charge on any atom is 0.140 e. The third-order valence-electron chi connectivity index (χ3n) is 2.59. The van der Waals surface area contributed by atoms with Gasteiger partial charge in [-0.3, -0.25) is 0 Å². The minimum absolute atomic E-state index is 0.407. The van der Waals surface area contributed by atoms with Crippen LogP contribution in [0.2, 0.25) is 0 Å². The van der Waals surface area contributed by atoms with Crippen LogP contribution in [-0.2, 0) is 0 Å². The molecule has 0 bridgehead atoms. The van der Waals surface area contributed by atoms with Crippen molar-refractivity contribution in [3.05, 3.63) is 54.4 Å². The summed E-state index contributed by atoms with van der Waals surface area (Å²) in [5.41, 5.74) is 2.14. The van der Waals surface area contributed by atoms with E-state index in [2.05, 4.69) is 4.98 Å². The summed E-state index contributed by atoms with van der Waals surface area (Å²) in [6.45, 7) is 0. The molecule has 3 aromatic rings. The molecule has 0 spiro atoms. The van der Waals surface area contributed by atoms with Gasteiger partial charge in [-0.05, 0) is 24.3 Å². The predicted molar refractivity (Wildman–Crippen MR) is 64.2 cm³/mol. The number of nitrogens with zero attached hydrogens (tertiary/aromatic N) is 2. The molecule has 0 saturated carbocycles. The molecule has 0 aliphatic heterocycles. The molecular weight excluding hydrogens is 212 g/mol. The first-order valence-electron chi connectivity index (χ1n) is 5.22. The van der Waals surface area contributed by atoms with Crippen molar-refractivity contribution < 1.29 is 4.42 Å². The Balaban J connectivity index is 2.11. The van der Waals surface area contributed by atoms with Gasteiger partial charge < -0.3 is 4.42 Å². The average Bonchev–Trinajstić information content (AvgIpc) is 2.82. The van der Waals surface area contributed by atoms with E-state index in [-0.39, 0.29) is 0 Å². The second-order valence-electron chi connectivity index (χ2n) is 3.69. The number of para-hydroxylation sites is 1. The molecule has 3 rings (SSSR count). The van der Waals surface area contributed by atoms with Crippen molar-refractivity contribution >= 4 is 11.0 Å². The zero-order chi connectivity index (χ0) is 11.7. The Hall–Kier alpha value is -2.60. The Bertz CT molecular complexity index is 672. The summed E-state index contributed by atoms with van der Waals surface area (Å²) in [6.07, 6.45) is 1.65. The lowest BCUT2D eigenvalue weighted by Crippen LogP contribution is -1.81. The van der Waals surface area contributed by atoms with Gasteiger partial charge in [-0.15, -0.1) is 0 Å². The van der Waals surface area contributed by atoms with E-state index >= 15 is 0 Å². The zero-order valence-corrected chi connectivity index (χ0v) is 8.92. The molecule has 0 N–H and O–H groups in total. The fourth-order valence-electron chi connectivity index (χ4n) is 1.73. The number of hydrogen-bond acceptors (Lipinski definition) is 3. The first kappa shape index (κ1) is 9.61. The monoisotopic (exact) mass is 220 g/mol. The van der Waals surface area contributed by atoms with Gasteiger partial charge in [0.05, 0.1) is 0 Å². The van der Waals surface area contributed by atoms with Gasteiger partial charge in [0.15, 0.2) is 0 Å². The number of hydrogen-bond donors (Lipinski definition) is 0. The average molecular weight is 220 g/mol. The van der Waals surface area contributed by atoms with Gasteiger partial charge in [0, 0.05) is 17.1 Å². The molecule has 0 radical (unpaired) electrons. The molecule has 0 aliphatic rings. The molecular formula is C14H8N2O. The van der Waals surface area contributed by atoms with Gasteiger partial charge in [-0.1, -0.05) is 18.2 Å². The molecule has 1 aromatic carbocycles. The Morgan fingerprint density at radius 3 is 2.71 bits per heavy atom. The van der Waals surface area contributed by atoms with E-state index in [0.717, 1.165) is 22.3 Å². The topological polar surface area (TPSA) is 49.8 Å². The molecule has 0 saturated heterocycles. The van der Waals surface area contributed by atoms with Gasteiger partial charge in [-0.25, -0.2) is 4.98 Å². The molecule has 0 amide bonds. The van der Waals surface area contributed by atoms with E-state index in [1.165, 1.54) is 0 Å². The zero-order valence-electron chi connectivity index (χ0n) is 8.92. The number of benzene rings is 1. The molecule has 0 fully saturated rings. The summed E-state index contributed by atoms with van der Waals surface area (Å²) in [7, 11) is 0. The molecule has 2 heterocycles. The third kappa shape index (κ3) is 1.66. The number of furan rings is 1. The number of aromatic nitrogens is 1. The van der Waals surface area contributed by atoms with Crippen LogP contribution in [-0.4, -0.2) is 4.98 Å². The highest BCUT2D eigenvalue weighted by Crippen LogP contribution is 2.26. The molecule has 80 valence electrons. The summed E-state index contributed by atoms with van der Waals surface area (Å²) in [4.78, 5) is 4.02. The summed E-state index contributed by atoms with van der Waals surface area (Å²) >= 11 is 0. The summed E-state index contributed by atoms with van der Waals surface area (Å²) in [5, 5.41) is 9.74. The maximum absolute atomic E-state index is 8.68. The van der Waals surface area contributed by atoms with Gasteiger partial charge in [-0.2, -0.15) is 5.26 Å². The highest BCUT2D eigenvalue weighted by molar-refractivity contribution is 5.82. The summed E-state index contributed by atoms with van der Waals surface area (Å²) in [5.74, 6) is 0.767. The molecule has 3 nitrogen and oxygen atoms in total. The van der Waals surface area contributed by atoms with E-state index in [4.69, 9.17) is 9.68 Å². The smallest absolute Gasteiger partial charge is 0.140 e. The van der Waals surface area contributed by atoms with Gasteiger partial charge in [0.1, 0.15) is 23.1 Å². The molecule has 0 aliphatic carbocycles. The van der Waals surface area contributed by atoms with E-state index < -0.39 is 0 Å². The number of rotatable bonds is 1. The lowest BCUT2D eigenvalue weighted by molar-refractivity contribution is 0.631. The van der Waals surface area contributed by atoms with E-state index in [1.54, 1.807) is 12.3 Å². The highest BCUT2D eigenvalue weighted by Gasteiger charge is 2.05. The normalized spacial score (nSPS) is 10.3.